The van der Waals surface area contributed by atoms with Crippen molar-refractivity contribution in [1.29, 1.82) is 0 Å². The van der Waals surface area contributed by atoms with Gasteiger partial charge in [-0.3, -0.25) is 9.59 Å². The number of rotatable bonds is 12. The van der Waals surface area contributed by atoms with Gasteiger partial charge in [0.05, 0.1) is 15.7 Å². The molecule has 2 aromatic rings. The fourth-order valence-corrected chi connectivity index (χ4v) is 4.88. The van der Waals surface area contributed by atoms with Crippen LogP contribution in [-0.2, 0) is 26.3 Å². The Morgan fingerprint density at radius 1 is 0.972 bits per heavy atom. The summed E-state index contributed by atoms with van der Waals surface area (Å²) < 4.78 is 28.4. The highest BCUT2D eigenvalue weighted by atomic mass is 35.5. The van der Waals surface area contributed by atoms with Crippen molar-refractivity contribution in [2.24, 2.45) is 0 Å². The third-order valence-electron chi connectivity index (χ3n) is 5.79. The van der Waals surface area contributed by atoms with Crippen LogP contribution in [0.1, 0.15) is 39.2 Å². The largest absolute Gasteiger partial charge is 0.352 e. The van der Waals surface area contributed by atoms with Crippen molar-refractivity contribution >= 4 is 50.9 Å². The molecule has 1 N–H and O–H groups in total. The fourth-order valence-electron chi connectivity index (χ4n) is 3.51. The van der Waals surface area contributed by atoms with Crippen molar-refractivity contribution in [3.63, 3.8) is 0 Å². The third-order valence-corrected chi connectivity index (χ3v) is 8.35. The molecule has 0 aliphatic heterocycles. The Morgan fingerprint density at radius 3 is 2.14 bits per heavy atom. The molecule has 2 atom stereocenters. The van der Waals surface area contributed by atoms with Gasteiger partial charge in [0.1, 0.15) is 12.6 Å². The Balaban J connectivity index is 2.50. The van der Waals surface area contributed by atoms with E-state index in [2.05, 4.69) is 5.32 Å². The molecule has 8 nitrogen and oxygen atoms in total. The standard InChI is InChI=1S/C25H34Cl2N4O4S/c1-6-18(3)28-25(33)23(7-2)30(16-19-13-14-21(26)22(27)15-19)24(32)17-31(36(34,35)29(4)5)20-11-9-8-10-12-20/h8-15,18,23H,6-7,16-17H2,1-5H3,(H,28,33)/t18-,23-/m1/s1. The van der Waals surface area contributed by atoms with E-state index in [4.69, 9.17) is 23.2 Å². The molecule has 2 rings (SSSR count). The number of hydrogen-bond acceptors (Lipinski definition) is 4. The van der Waals surface area contributed by atoms with Crippen LogP contribution in [0.25, 0.3) is 0 Å². The molecule has 2 aromatic carbocycles. The summed E-state index contributed by atoms with van der Waals surface area (Å²) in [4.78, 5) is 28.3. The first kappa shape index (κ1) is 29.9. The van der Waals surface area contributed by atoms with Crippen LogP contribution in [0.2, 0.25) is 10.0 Å². The van der Waals surface area contributed by atoms with Gasteiger partial charge in [-0.2, -0.15) is 12.7 Å². The van der Waals surface area contributed by atoms with Crippen LogP contribution in [0.15, 0.2) is 48.5 Å². The molecule has 0 saturated heterocycles. The average molecular weight is 558 g/mol. The normalized spacial score (nSPS) is 13.2. The van der Waals surface area contributed by atoms with Crippen LogP contribution in [0.4, 0.5) is 5.69 Å². The smallest absolute Gasteiger partial charge is 0.304 e. The predicted molar refractivity (Wildman–Crippen MR) is 145 cm³/mol. The summed E-state index contributed by atoms with van der Waals surface area (Å²) in [6.07, 6.45) is 1.06. The van der Waals surface area contributed by atoms with E-state index in [0.29, 0.717) is 27.7 Å². The summed E-state index contributed by atoms with van der Waals surface area (Å²) in [7, 11) is -1.20. The van der Waals surface area contributed by atoms with Crippen LogP contribution < -0.4 is 9.62 Å². The molecule has 0 aliphatic carbocycles. The monoisotopic (exact) mass is 556 g/mol. The topological polar surface area (TPSA) is 90.0 Å². The van der Waals surface area contributed by atoms with Crippen molar-refractivity contribution in [3.05, 3.63) is 64.1 Å². The highest BCUT2D eigenvalue weighted by Crippen LogP contribution is 2.25. The first-order chi connectivity index (χ1) is 16.9. The quantitative estimate of drug-likeness (QED) is 0.421. The Hall–Kier alpha value is -2.33. The number of halogens is 2. The van der Waals surface area contributed by atoms with Gasteiger partial charge in [-0.1, -0.05) is 61.3 Å². The zero-order chi connectivity index (χ0) is 27.0. The molecule has 0 radical (unpaired) electrons. The van der Waals surface area contributed by atoms with Crippen LogP contribution in [0.5, 0.6) is 0 Å². The molecule has 0 heterocycles. The van der Waals surface area contributed by atoms with E-state index in [1.54, 1.807) is 48.5 Å². The minimum absolute atomic E-state index is 0.0484. The van der Waals surface area contributed by atoms with Crippen molar-refractivity contribution in [3.8, 4) is 0 Å². The highest BCUT2D eigenvalue weighted by molar-refractivity contribution is 7.90. The van der Waals surface area contributed by atoms with Gasteiger partial charge < -0.3 is 10.2 Å². The van der Waals surface area contributed by atoms with Gasteiger partial charge in [-0.05, 0) is 49.6 Å². The zero-order valence-electron chi connectivity index (χ0n) is 21.2. The maximum atomic E-state index is 13.8. The number of benzene rings is 2. The number of amides is 2. The number of nitrogens with zero attached hydrogens (tertiary/aromatic N) is 3. The minimum Gasteiger partial charge on any atom is -0.352 e. The molecule has 0 fully saturated rings. The van der Waals surface area contributed by atoms with Gasteiger partial charge in [0.25, 0.3) is 0 Å². The Morgan fingerprint density at radius 2 is 1.61 bits per heavy atom. The van der Waals surface area contributed by atoms with Gasteiger partial charge in [-0.15, -0.1) is 0 Å². The van der Waals surface area contributed by atoms with Gasteiger partial charge in [0.2, 0.25) is 11.8 Å². The number of nitrogens with one attached hydrogen (secondary N) is 1. The second-order valence-corrected chi connectivity index (χ2v) is 11.5. The van der Waals surface area contributed by atoms with E-state index < -0.39 is 28.7 Å². The number of hydrogen-bond donors (Lipinski definition) is 1. The van der Waals surface area contributed by atoms with Gasteiger partial charge in [-0.25, -0.2) is 4.31 Å². The second-order valence-electron chi connectivity index (χ2n) is 8.64. The van der Waals surface area contributed by atoms with E-state index in [9.17, 15) is 18.0 Å². The molecule has 11 heteroatoms. The lowest BCUT2D eigenvalue weighted by atomic mass is 10.1. The number of anilines is 1. The molecule has 2 amide bonds. The summed E-state index contributed by atoms with van der Waals surface area (Å²) in [5, 5.41) is 3.62. The lowest BCUT2D eigenvalue weighted by molar-refractivity contribution is -0.140. The molecule has 36 heavy (non-hydrogen) atoms. The van der Waals surface area contributed by atoms with Crippen molar-refractivity contribution < 1.29 is 18.0 Å². The van der Waals surface area contributed by atoms with E-state index in [0.717, 1.165) is 15.0 Å². The number of carbonyl (C=O) groups excluding carboxylic acids is 2. The Labute approximate surface area is 224 Å². The summed E-state index contributed by atoms with van der Waals surface area (Å²) in [6, 6.07) is 12.5. The summed E-state index contributed by atoms with van der Waals surface area (Å²) >= 11 is 12.2. The van der Waals surface area contributed by atoms with Crippen LogP contribution >= 0.6 is 23.2 Å². The van der Waals surface area contributed by atoms with Gasteiger partial charge in [0, 0.05) is 26.7 Å². The molecule has 0 bridgehead atoms. The van der Waals surface area contributed by atoms with E-state index in [1.165, 1.54) is 19.0 Å². The van der Waals surface area contributed by atoms with E-state index in [-0.39, 0.29) is 18.5 Å². The maximum Gasteiger partial charge on any atom is 0.304 e. The van der Waals surface area contributed by atoms with Crippen LogP contribution in [-0.4, -0.2) is 62.2 Å². The van der Waals surface area contributed by atoms with Crippen LogP contribution in [0, 0.1) is 0 Å². The molecule has 0 aromatic heterocycles. The zero-order valence-corrected chi connectivity index (χ0v) is 23.6. The fraction of sp³-hybridized carbons (Fsp3) is 0.440. The predicted octanol–water partition coefficient (Wildman–Crippen LogP) is 4.33. The second kappa shape index (κ2) is 13.3. The number of para-hydroxylation sites is 1. The molecule has 0 spiro atoms. The van der Waals surface area contributed by atoms with E-state index in [1.807, 2.05) is 20.8 Å². The SMILES string of the molecule is CC[C@@H](C)NC(=O)[C@@H](CC)N(Cc1ccc(Cl)c(Cl)c1)C(=O)CN(c1ccccc1)S(=O)(=O)N(C)C. The molecule has 0 unspecified atom stereocenters. The summed E-state index contributed by atoms with van der Waals surface area (Å²) in [5.41, 5.74) is 1.00. The number of carbonyl (C=O) groups is 2. The molecule has 0 aliphatic rings. The lowest BCUT2D eigenvalue weighted by Gasteiger charge is -2.34. The van der Waals surface area contributed by atoms with Crippen molar-refractivity contribution in [2.45, 2.75) is 52.2 Å². The minimum atomic E-state index is -4.00. The molecular formula is C25H34Cl2N4O4S. The van der Waals surface area contributed by atoms with Crippen LogP contribution in [0.3, 0.4) is 0 Å². The lowest BCUT2D eigenvalue weighted by Crippen LogP contribution is -2.54. The summed E-state index contributed by atoms with van der Waals surface area (Å²) in [6.45, 7) is 5.21. The third kappa shape index (κ3) is 7.59. The van der Waals surface area contributed by atoms with Gasteiger partial charge in [0.15, 0.2) is 0 Å². The highest BCUT2D eigenvalue weighted by Gasteiger charge is 2.34. The molecular weight excluding hydrogens is 523 g/mol. The maximum absolute atomic E-state index is 13.8. The Bertz CT molecular complexity index is 1150. The first-order valence-corrected chi connectivity index (χ1v) is 13.9. The van der Waals surface area contributed by atoms with Crippen molar-refractivity contribution in [1.82, 2.24) is 14.5 Å². The summed E-state index contributed by atoms with van der Waals surface area (Å²) in [5.74, 6) is -0.830. The van der Waals surface area contributed by atoms with Crippen molar-refractivity contribution in [2.75, 3.05) is 24.9 Å². The Kier molecular flexibility index (Phi) is 11.0. The molecule has 0 saturated carbocycles. The molecule has 198 valence electrons. The van der Waals surface area contributed by atoms with Gasteiger partial charge >= 0.3 is 10.2 Å². The first-order valence-electron chi connectivity index (χ1n) is 11.7. The average Bonchev–Trinajstić information content (AvgIpc) is 2.84. The van der Waals surface area contributed by atoms with E-state index >= 15 is 0 Å².